The van der Waals surface area contributed by atoms with Crippen LogP contribution in [0.25, 0.3) is 11.3 Å². The molecule has 0 saturated heterocycles. The molecule has 1 aromatic heterocycles. The molecule has 0 radical (unpaired) electrons. The molecule has 1 aliphatic heterocycles. The van der Waals surface area contributed by atoms with Gasteiger partial charge in [-0.2, -0.15) is 5.10 Å². The number of nitrogens with zero attached hydrogens (tertiary/aromatic N) is 2. The minimum Gasteiger partial charge on any atom is -0.308 e. The first kappa shape index (κ1) is 9.20. The molecular weight excluding hydrogens is 248 g/mol. The predicted molar refractivity (Wildman–Crippen MR) is 68.7 cm³/mol. The summed E-state index contributed by atoms with van der Waals surface area (Å²) in [5, 5.41) is 7.38. The van der Waals surface area contributed by atoms with Crippen molar-refractivity contribution < 1.29 is 12.9 Å². The normalized spacial score (nSPS) is 21.4. The van der Waals surface area contributed by atoms with Crippen molar-refractivity contribution in [3.05, 3.63) is 41.1 Å². The molecule has 0 fully saturated rings. The van der Waals surface area contributed by atoms with Gasteiger partial charge in [0, 0.05) is 34.3 Å². The van der Waals surface area contributed by atoms with Gasteiger partial charge in [0.15, 0.2) is 0 Å². The van der Waals surface area contributed by atoms with Crippen LogP contribution in [0.5, 0.6) is 0 Å². The number of hydrogen-bond donors (Lipinski definition) is 1. The molecule has 0 aliphatic carbocycles. The van der Waals surface area contributed by atoms with Crippen molar-refractivity contribution in [2.24, 2.45) is 6.98 Å². The lowest BCUT2D eigenvalue weighted by Crippen LogP contribution is -2.27. The molecule has 1 N–H and O–H groups in total. The van der Waals surface area contributed by atoms with E-state index in [2.05, 4.69) is 10.4 Å². The number of aryl methyl sites for hydroxylation is 1. The number of hydrogen-bond acceptors (Lipinski definition) is 2. The Balaban J connectivity index is 2.29. The molecule has 3 rings (SSSR count). The maximum Gasteiger partial charge on any atom is 0.126 e. The van der Waals surface area contributed by atoms with Crippen molar-refractivity contribution in [3.8, 4) is 11.3 Å². The summed E-state index contributed by atoms with van der Waals surface area (Å²) in [5.41, 5.74) is 1.80. The van der Waals surface area contributed by atoms with Crippen LogP contribution in [0.1, 0.15) is 28.3 Å². The van der Waals surface area contributed by atoms with E-state index >= 15 is 0 Å². The summed E-state index contributed by atoms with van der Waals surface area (Å²) < 4.78 is 50.9. The molecule has 1 aromatic carbocycles. The van der Waals surface area contributed by atoms with Crippen molar-refractivity contribution in [2.75, 3.05) is 6.54 Å². The third-order valence-electron chi connectivity index (χ3n) is 3.39. The topological polar surface area (TPSA) is 29.9 Å². The van der Waals surface area contributed by atoms with Gasteiger partial charge >= 0.3 is 0 Å². The summed E-state index contributed by atoms with van der Waals surface area (Å²) in [6, 6.07) is 2.92. The van der Waals surface area contributed by atoms with Crippen LogP contribution in [-0.4, -0.2) is 16.3 Å². The van der Waals surface area contributed by atoms with Gasteiger partial charge in [-0.05, 0) is 32.0 Å². The molecule has 0 bridgehead atoms. The van der Waals surface area contributed by atoms with Crippen LogP contribution in [0.15, 0.2) is 18.2 Å². The van der Waals surface area contributed by atoms with Gasteiger partial charge in [0.05, 0.1) is 11.4 Å². The van der Waals surface area contributed by atoms with Crippen LogP contribution in [0.2, 0.25) is 0 Å². The fourth-order valence-corrected chi connectivity index (χ4v) is 2.56. The molecule has 100 valence electrons. The van der Waals surface area contributed by atoms with Crippen LogP contribution in [0.3, 0.4) is 0 Å². The Morgan fingerprint density at radius 1 is 1.37 bits per heavy atom. The number of rotatable bonds is 1. The van der Waals surface area contributed by atoms with Crippen molar-refractivity contribution in [2.45, 2.75) is 19.4 Å². The third kappa shape index (κ3) is 2.04. The summed E-state index contributed by atoms with van der Waals surface area (Å²) in [4.78, 5) is 0. The average molecular weight is 266 g/mol. The van der Waals surface area contributed by atoms with E-state index in [4.69, 9.17) is 4.11 Å². The largest absolute Gasteiger partial charge is 0.308 e. The second kappa shape index (κ2) is 4.42. The first-order valence-corrected chi connectivity index (χ1v) is 6.09. The zero-order chi connectivity index (χ0) is 16.1. The van der Waals surface area contributed by atoms with Crippen LogP contribution in [-0.2, 0) is 13.4 Å². The Morgan fingerprint density at radius 2 is 2.11 bits per heavy atom. The van der Waals surface area contributed by atoms with Gasteiger partial charge in [-0.25, -0.2) is 8.78 Å². The summed E-state index contributed by atoms with van der Waals surface area (Å²) in [6.45, 7) is 0.0195. The molecular formula is C14H15F2N3. The summed E-state index contributed by atoms with van der Waals surface area (Å²) in [7, 11) is 0. The van der Waals surface area contributed by atoms with E-state index in [1.165, 1.54) is 0 Å². The molecule has 0 amide bonds. The molecule has 0 saturated carbocycles. The second-order valence-corrected chi connectivity index (χ2v) is 4.71. The van der Waals surface area contributed by atoms with Gasteiger partial charge in [0.1, 0.15) is 11.6 Å². The Kier molecular flexibility index (Phi) is 2.14. The molecule has 1 unspecified atom stereocenters. The number of fused-ring (bicyclic) bond motifs is 1. The maximum absolute atomic E-state index is 13.5. The molecule has 19 heavy (non-hydrogen) atoms. The molecule has 5 heteroatoms. The average Bonchev–Trinajstić information content (AvgIpc) is 2.78. The molecule has 1 atom stereocenters. The van der Waals surface area contributed by atoms with Gasteiger partial charge in [-0.15, -0.1) is 0 Å². The maximum atomic E-state index is 13.5. The number of benzene rings is 1. The van der Waals surface area contributed by atoms with E-state index < -0.39 is 18.6 Å². The van der Waals surface area contributed by atoms with Crippen LogP contribution >= 0.6 is 0 Å². The highest BCUT2D eigenvalue weighted by Crippen LogP contribution is 2.32. The van der Waals surface area contributed by atoms with Gasteiger partial charge in [0.2, 0.25) is 0 Å². The minimum atomic E-state index is -2.52. The van der Waals surface area contributed by atoms with E-state index in [1.54, 1.807) is 0 Å². The first-order chi connectivity index (χ1) is 10.3. The number of nitrogens with one attached hydrogen (secondary N) is 1. The first-order valence-electron chi connectivity index (χ1n) is 7.59. The Labute approximate surface area is 114 Å². The lowest BCUT2D eigenvalue weighted by molar-refractivity contribution is 0.525. The van der Waals surface area contributed by atoms with Gasteiger partial charge in [-0.3, -0.25) is 4.68 Å². The quantitative estimate of drug-likeness (QED) is 0.859. The van der Waals surface area contributed by atoms with E-state index in [9.17, 15) is 8.78 Å². The van der Waals surface area contributed by atoms with Gasteiger partial charge < -0.3 is 5.32 Å². The van der Waals surface area contributed by atoms with Crippen molar-refractivity contribution in [1.82, 2.24) is 15.1 Å². The lowest BCUT2D eigenvalue weighted by Gasteiger charge is -2.19. The van der Waals surface area contributed by atoms with E-state index in [-0.39, 0.29) is 17.3 Å². The van der Waals surface area contributed by atoms with E-state index in [1.807, 2.05) is 6.92 Å². The SMILES string of the molecule is [2H]C([2H])([2H])n1nc2c(c1-c1cc(F)cc(F)c1)CCNC2C. The Bertz CT molecular complexity index is 705. The summed E-state index contributed by atoms with van der Waals surface area (Å²) in [5.74, 6) is -1.49. The predicted octanol–water partition coefficient (Wildman–Crippen LogP) is 2.57. The van der Waals surface area contributed by atoms with Gasteiger partial charge in [0.25, 0.3) is 0 Å². The van der Waals surface area contributed by atoms with Crippen molar-refractivity contribution in [1.29, 1.82) is 0 Å². The fourth-order valence-electron chi connectivity index (χ4n) is 2.56. The zero-order valence-corrected chi connectivity index (χ0v) is 10.4. The number of halogens is 2. The fraction of sp³-hybridized carbons (Fsp3) is 0.357. The molecule has 2 aromatic rings. The Morgan fingerprint density at radius 3 is 2.79 bits per heavy atom. The zero-order valence-electron chi connectivity index (χ0n) is 13.4. The monoisotopic (exact) mass is 266 g/mol. The summed E-state index contributed by atoms with van der Waals surface area (Å²) >= 11 is 0. The van der Waals surface area contributed by atoms with Gasteiger partial charge in [-0.1, -0.05) is 0 Å². The van der Waals surface area contributed by atoms with E-state index in [0.29, 0.717) is 18.7 Å². The van der Waals surface area contributed by atoms with Crippen molar-refractivity contribution in [3.63, 3.8) is 0 Å². The van der Waals surface area contributed by atoms with E-state index in [0.717, 1.165) is 28.4 Å². The van der Waals surface area contributed by atoms with Crippen LogP contribution in [0, 0.1) is 11.6 Å². The smallest absolute Gasteiger partial charge is 0.126 e. The second-order valence-electron chi connectivity index (χ2n) is 4.71. The number of aromatic nitrogens is 2. The molecule has 0 spiro atoms. The van der Waals surface area contributed by atoms with Crippen LogP contribution in [0.4, 0.5) is 8.78 Å². The standard InChI is InChI=1S/C14H15F2N3/c1-8-13-12(3-4-17-8)14(19(2)18-13)9-5-10(15)7-11(16)6-9/h5-8,17H,3-4H2,1-2H3/i2D3. The van der Waals surface area contributed by atoms with Crippen molar-refractivity contribution >= 4 is 0 Å². The molecule has 3 nitrogen and oxygen atoms in total. The summed E-state index contributed by atoms with van der Waals surface area (Å²) in [6.07, 6.45) is 0.559. The lowest BCUT2D eigenvalue weighted by atomic mass is 9.97. The van der Waals surface area contributed by atoms with Crippen LogP contribution < -0.4 is 5.32 Å². The third-order valence-corrected chi connectivity index (χ3v) is 3.39. The molecule has 2 heterocycles. The highest BCUT2D eigenvalue weighted by molar-refractivity contribution is 5.65. The minimum absolute atomic E-state index is 0.107. The Hall–Kier alpha value is -1.75. The highest BCUT2D eigenvalue weighted by atomic mass is 19.1. The highest BCUT2D eigenvalue weighted by Gasteiger charge is 2.25. The molecule has 1 aliphatic rings.